The summed E-state index contributed by atoms with van der Waals surface area (Å²) in [6, 6.07) is 6.68. The summed E-state index contributed by atoms with van der Waals surface area (Å²) in [4.78, 5) is 21.6. The number of aromatic nitrogens is 2. The van der Waals surface area contributed by atoms with Crippen LogP contribution in [0.1, 0.15) is 22.8 Å². The number of rotatable bonds is 5. The maximum absolute atomic E-state index is 10.9. The molecule has 1 heterocycles. The van der Waals surface area contributed by atoms with Gasteiger partial charge in [-0.3, -0.25) is 4.79 Å². The zero-order valence-corrected chi connectivity index (χ0v) is 12.1. The van der Waals surface area contributed by atoms with Gasteiger partial charge in [0, 0.05) is 12.7 Å². The summed E-state index contributed by atoms with van der Waals surface area (Å²) in [6.45, 7) is 1.41. The largest absolute Gasteiger partial charge is 0.478 e. The molecule has 0 aliphatic heterocycles. The van der Waals surface area contributed by atoms with Crippen molar-refractivity contribution >= 4 is 40.1 Å². The number of carbonyl (C=O) groups excluding carboxylic acids is 1. The van der Waals surface area contributed by atoms with Gasteiger partial charge in [0.25, 0.3) is 0 Å². The van der Waals surface area contributed by atoms with Crippen molar-refractivity contribution in [1.82, 2.24) is 10.2 Å². The molecule has 0 aliphatic carbocycles. The molecule has 2 aromatic rings. The minimum Gasteiger partial charge on any atom is -0.478 e. The van der Waals surface area contributed by atoms with E-state index in [9.17, 15) is 9.59 Å². The number of nitrogens with one attached hydrogen (secondary N) is 1. The van der Waals surface area contributed by atoms with E-state index in [-0.39, 0.29) is 11.5 Å². The van der Waals surface area contributed by atoms with Crippen LogP contribution in [0.15, 0.2) is 28.6 Å². The van der Waals surface area contributed by atoms with E-state index in [0.717, 1.165) is 9.90 Å². The minimum absolute atomic E-state index is 0.179. The molecule has 2 rings (SSSR count). The van der Waals surface area contributed by atoms with Gasteiger partial charge < -0.3 is 10.4 Å². The van der Waals surface area contributed by atoms with Gasteiger partial charge in [0.1, 0.15) is 0 Å². The lowest BCUT2D eigenvalue weighted by atomic mass is 10.1. The van der Waals surface area contributed by atoms with Crippen molar-refractivity contribution < 1.29 is 14.7 Å². The van der Waals surface area contributed by atoms with E-state index in [2.05, 4.69) is 15.5 Å². The van der Waals surface area contributed by atoms with Crippen LogP contribution in [0.2, 0.25) is 0 Å². The van der Waals surface area contributed by atoms with Crippen LogP contribution in [0.3, 0.4) is 0 Å². The summed E-state index contributed by atoms with van der Waals surface area (Å²) >= 11 is 2.79. The van der Waals surface area contributed by atoms with Gasteiger partial charge in [-0.2, -0.15) is 0 Å². The molecule has 0 aliphatic rings. The van der Waals surface area contributed by atoms with Crippen LogP contribution >= 0.6 is 23.1 Å². The van der Waals surface area contributed by atoms with Crippen molar-refractivity contribution in [2.75, 3.05) is 5.32 Å². The average Bonchev–Trinajstić information content (AvgIpc) is 2.83. The molecule has 8 heteroatoms. The number of hydrogen-bond acceptors (Lipinski definition) is 6. The van der Waals surface area contributed by atoms with E-state index in [1.54, 1.807) is 24.3 Å². The molecule has 0 bridgehead atoms. The van der Waals surface area contributed by atoms with Gasteiger partial charge in [-0.25, -0.2) is 4.79 Å². The molecule has 1 amide bonds. The zero-order valence-electron chi connectivity index (χ0n) is 10.5. The molecule has 1 aromatic heterocycles. The molecule has 0 saturated carbocycles. The Morgan fingerprint density at radius 2 is 2.00 bits per heavy atom. The minimum atomic E-state index is -0.937. The number of nitrogens with zero attached hydrogens (tertiary/aromatic N) is 2. The first-order valence-electron chi connectivity index (χ1n) is 5.61. The highest BCUT2D eigenvalue weighted by atomic mass is 32.2. The second-order valence-electron chi connectivity index (χ2n) is 3.85. The summed E-state index contributed by atoms with van der Waals surface area (Å²) in [5.41, 5.74) is 1.26. The number of carboxylic acid groups (broad SMARTS) is 1. The fourth-order valence-electron chi connectivity index (χ4n) is 1.36. The number of aromatic carboxylic acids is 1. The number of anilines is 1. The van der Waals surface area contributed by atoms with Crippen molar-refractivity contribution in [2.45, 2.75) is 17.0 Å². The molecule has 0 fully saturated rings. The first kappa shape index (κ1) is 14.5. The van der Waals surface area contributed by atoms with Crippen LogP contribution in [-0.2, 0) is 10.5 Å². The normalized spacial score (nSPS) is 10.2. The molecular weight excluding hydrogens is 298 g/mol. The Balaban J connectivity index is 1.93. The molecule has 2 N–H and O–H groups in total. The van der Waals surface area contributed by atoms with E-state index in [0.29, 0.717) is 10.9 Å². The third-order valence-corrected chi connectivity index (χ3v) is 4.30. The number of carbonyl (C=O) groups is 2. The Kier molecular flexibility index (Phi) is 4.70. The summed E-state index contributed by atoms with van der Waals surface area (Å²) in [5.74, 6) is -0.454. The number of thioether (sulfide) groups is 1. The molecule has 0 atom stereocenters. The van der Waals surface area contributed by atoms with Crippen molar-refractivity contribution in [3.05, 3.63) is 35.4 Å². The van der Waals surface area contributed by atoms with Gasteiger partial charge in [0.05, 0.1) is 5.56 Å². The van der Waals surface area contributed by atoms with Crippen LogP contribution in [0.4, 0.5) is 5.13 Å². The molecular formula is C12H11N3O3S2. The summed E-state index contributed by atoms with van der Waals surface area (Å²) in [5, 5.41) is 19.6. The highest BCUT2D eigenvalue weighted by Crippen LogP contribution is 2.28. The van der Waals surface area contributed by atoms with Crippen LogP contribution < -0.4 is 5.32 Å². The summed E-state index contributed by atoms with van der Waals surface area (Å²) in [7, 11) is 0. The molecule has 0 radical (unpaired) electrons. The quantitative estimate of drug-likeness (QED) is 0.651. The molecule has 0 spiro atoms. The van der Waals surface area contributed by atoms with E-state index in [1.807, 2.05) is 0 Å². The van der Waals surface area contributed by atoms with Crippen molar-refractivity contribution in [2.24, 2.45) is 0 Å². The highest BCUT2D eigenvalue weighted by molar-refractivity contribution is 8.00. The first-order valence-corrected chi connectivity index (χ1v) is 7.41. The van der Waals surface area contributed by atoms with Crippen LogP contribution in [0.5, 0.6) is 0 Å². The molecule has 0 saturated heterocycles. The SMILES string of the molecule is CC(=O)Nc1nnc(SCc2ccc(C(=O)O)cc2)s1. The topological polar surface area (TPSA) is 92.2 Å². The Morgan fingerprint density at radius 3 is 2.60 bits per heavy atom. The number of hydrogen-bond donors (Lipinski definition) is 2. The van der Waals surface area contributed by atoms with E-state index in [1.165, 1.54) is 30.0 Å². The molecule has 6 nitrogen and oxygen atoms in total. The third kappa shape index (κ3) is 4.04. The van der Waals surface area contributed by atoms with Crippen molar-refractivity contribution in [3.63, 3.8) is 0 Å². The number of benzene rings is 1. The Labute approximate surface area is 123 Å². The van der Waals surface area contributed by atoms with Crippen LogP contribution in [-0.4, -0.2) is 27.2 Å². The van der Waals surface area contributed by atoms with Gasteiger partial charge in [-0.05, 0) is 17.7 Å². The molecule has 0 unspecified atom stereocenters. The zero-order chi connectivity index (χ0) is 14.5. The second kappa shape index (κ2) is 6.49. The van der Waals surface area contributed by atoms with Crippen molar-refractivity contribution in [1.29, 1.82) is 0 Å². The third-order valence-electron chi connectivity index (χ3n) is 2.25. The van der Waals surface area contributed by atoms with E-state index < -0.39 is 5.97 Å². The molecule has 1 aromatic carbocycles. The maximum Gasteiger partial charge on any atom is 0.335 e. The van der Waals surface area contributed by atoms with Crippen LogP contribution in [0, 0.1) is 0 Å². The fourth-order valence-corrected chi connectivity index (χ4v) is 3.11. The van der Waals surface area contributed by atoms with Gasteiger partial charge >= 0.3 is 5.97 Å². The van der Waals surface area contributed by atoms with Gasteiger partial charge in [-0.15, -0.1) is 10.2 Å². The number of carboxylic acids is 1. The molecule has 20 heavy (non-hydrogen) atoms. The monoisotopic (exact) mass is 309 g/mol. The lowest BCUT2D eigenvalue weighted by Crippen LogP contribution is -2.04. The predicted octanol–water partition coefficient (Wildman–Crippen LogP) is 2.49. The van der Waals surface area contributed by atoms with E-state index in [4.69, 9.17) is 5.11 Å². The number of amides is 1. The standard InChI is InChI=1S/C12H11N3O3S2/c1-7(16)13-11-14-15-12(20-11)19-6-8-2-4-9(5-3-8)10(17)18/h2-5H,6H2,1H3,(H,17,18)(H,13,14,16). The smallest absolute Gasteiger partial charge is 0.335 e. The Bertz CT molecular complexity index is 625. The second-order valence-corrected chi connectivity index (χ2v) is 6.05. The maximum atomic E-state index is 10.9. The lowest BCUT2D eigenvalue weighted by molar-refractivity contribution is -0.114. The highest BCUT2D eigenvalue weighted by Gasteiger charge is 2.07. The van der Waals surface area contributed by atoms with E-state index >= 15 is 0 Å². The Morgan fingerprint density at radius 1 is 1.30 bits per heavy atom. The average molecular weight is 309 g/mol. The predicted molar refractivity (Wildman–Crippen MR) is 77.2 cm³/mol. The van der Waals surface area contributed by atoms with Gasteiger partial charge in [-0.1, -0.05) is 35.2 Å². The van der Waals surface area contributed by atoms with Gasteiger partial charge in [0.15, 0.2) is 4.34 Å². The van der Waals surface area contributed by atoms with Gasteiger partial charge in [0.2, 0.25) is 11.0 Å². The molecule has 104 valence electrons. The fraction of sp³-hybridized carbons (Fsp3) is 0.167. The lowest BCUT2D eigenvalue weighted by Gasteiger charge is -1.99. The Hall–Kier alpha value is -1.93. The summed E-state index contributed by atoms with van der Waals surface area (Å²) < 4.78 is 0.746. The van der Waals surface area contributed by atoms with Crippen molar-refractivity contribution in [3.8, 4) is 0 Å². The summed E-state index contributed by atoms with van der Waals surface area (Å²) in [6.07, 6.45) is 0. The van der Waals surface area contributed by atoms with Crippen LogP contribution in [0.25, 0.3) is 0 Å². The first-order chi connectivity index (χ1) is 9.54.